The number of rotatable bonds is 1. The van der Waals surface area contributed by atoms with Crippen molar-refractivity contribution in [1.82, 2.24) is 9.80 Å². The summed E-state index contributed by atoms with van der Waals surface area (Å²) in [5, 5.41) is 0. The van der Waals surface area contributed by atoms with Crippen LogP contribution in [0.25, 0.3) is 0 Å². The van der Waals surface area contributed by atoms with Gasteiger partial charge in [0.25, 0.3) is 0 Å². The standard InChI is InChI=1S/C19H24N2O2/c22-18-13-20(19(23)15-7-2-1-3-8-15)12-17-16-9-5-4-6-14(16)10-11-21(17)18/h4-6,9,15,17H,1-3,7-8,10-13H2/t17-/m0/s1/i1D2,2D2,3D2,7D2,8D2,15D. The third-order valence-electron chi connectivity index (χ3n) is 4.45. The van der Waals surface area contributed by atoms with E-state index in [1.807, 2.05) is 12.1 Å². The fourth-order valence-electron chi connectivity index (χ4n) is 3.34. The highest BCUT2D eigenvalue weighted by Gasteiger charge is 2.39. The Kier molecular flexibility index (Phi) is 1.81. The zero-order chi connectivity index (χ0) is 25.7. The first-order valence-corrected chi connectivity index (χ1v) is 7.54. The van der Waals surface area contributed by atoms with Crippen molar-refractivity contribution < 1.29 is 24.7 Å². The minimum atomic E-state index is -3.79. The Morgan fingerprint density at radius 3 is 2.83 bits per heavy atom. The van der Waals surface area contributed by atoms with E-state index >= 15 is 0 Å². The Morgan fingerprint density at radius 2 is 2.00 bits per heavy atom. The molecule has 0 bridgehead atoms. The summed E-state index contributed by atoms with van der Waals surface area (Å²) in [7, 11) is 0. The van der Waals surface area contributed by atoms with Gasteiger partial charge in [0.1, 0.15) is 0 Å². The lowest BCUT2D eigenvalue weighted by atomic mass is 9.87. The van der Waals surface area contributed by atoms with E-state index in [0.29, 0.717) is 13.0 Å². The molecule has 122 valence electrons. The van der Waals surface area contributed by atoms with Crippen LogP contribution >= 0.6 is 0 Å². The summed E-state index contributed by atoms with van der Waals surface area (Å²) >= 11 is 0. The van der Waals surface area contributed by atoms with E-state index in [1.165, 1.54) is 0 Å². The van der Waals surface area contributed by atoms with E-state index in [2.05, 4.69) is 0 Å². The smallest absolute Gasteiger partial charge is 0.242 e. The minimum absolute atomic E-state index is 0.215. The molecule has 4 nitrogen and oxygen atoms in total. The number of hydrogen-bond donors (Lipinski definition) is 0. The molecule has 1 atom stereocenters. The maximum absolute atomic E-state index is 13.7. The van der Waals surface area contributed by atoms with Crippen LogP contribution in [0.4, 0.5) is 0 Å². The SMILES string of the molecule is [2H]C1([2H])C([2H])([2H])C([2H])([2H])C([2H])(C(=O)N2CC(=O)N3CCc4ccccc4[C@@H]3C2)C([2H])([2H])C1([2H])[2H]. The van der Waals surface area contributed by atoms with Gasteiger partial charge in [0.15, 0.2) is 0 Å². The molecule has 3 aliphatic rings. The van der Waals surface area contributed by atoms with Crippen molar-refractivity contribution in [2.75, 3.05) is 19.6 Å². The van der Waals surface area contributed by atoms with Gasteiger partial charge in [-0.25, -0.2) is 0 Å². The molecule has 0 unspecified atom stereocenters. The van der Waals surface area contributed by atoms with Gasteiger partial charge in [0, 0.05) is 34.1 Å². The van der Waals surface area contributed by atoms with Gasteiger partial charge in [-0.2, -0.15) is 0 Å². The molecule has 0 N–H and O–H groups in total. The van der Waals surface area contributed by atoms with E-state index in [4.69, 9.17) is 15.1 Å². The second-order valence-corrected chi connectivity index (χ2v) is 5.74. The third-order valence-corrected chi connectivity index (χ3v) is 4.45. The van der Waals surface area contributed by atoms with Gasteiger partial charge in [-0.1, -0.05) is 43.4 Å². The zero-order valence-electron chi connectivity index (χ0n) is 23.4. The Morgan fingerprint density at radius 1 is 1.22 bits per heavy atom. The van der Waals surface area contributed by atoms with Crippen LogP contribution in [0.2, 0.25) is 0 Å². The molecule has 4 rings (SSSR count). The maximum atomic E-state index is 13.7. The fraction of sp³-hybridized carbons (Fsp3) is 0.579. The first-order chi connectivity index (χ1) is 15.4. The molecule has 1 aromatic carbocycles. The van der Waals surface area contributed by atoms with Gasteiger partial charge in [-0.15, -0.1) is 0 Å². The second kappa shape index (κ2) is 5.99. The van der Waals surface area contributed by atoms with Crippen molar-refractivity contribution in [2.45, 2.75) is 44.3 Å². The largest absolute Gasteiger partial charge is 0.332 e. The van der Waals surface area contributed by atoms with Crippen LogP contribution in [0.3, 0.4) is 0 Å². The van der Waals surface area contributed by atoms with E-state index in [0.717, 1.165) is 16.0 Å². The van der Waals surface area contributed by atoms with Gasteiger partial charge in [0.2, 0.25) is 11.8 Å². The van der Waals surface area contributed by atoms with Crippen molar-refractivity contribution in [3.8, 4) is 0 Å². The van der Waals surface area contributed by atoms with Crippen molar-refractivity contribution >= 4 is 11.8 Å². The molecule has 2 aliphatic heterocycles. The Balaban J connectivity index is 1.81. The topological polar surface area (TPSA) is 40.6 Å². The molecule has 1 saturated heterocycles. The van der Waals surface area contributed by atoms with E-state index in [9.17, 15) is 9.59 Å². The molecule has 1 saturated carbocycles. The number of carbonyl (C=O) groups excluding carboxylic acids is 2. The van der Waals surface area contributed by atoms with Crippen LogP contribution in [0, 0.1) is 5.89 Å². The predicted molar refractivity (Wildman–Crippen MR) is 87.8 cm³/mol. The molecule has 0 aromatic heterocycles. The number of hydrogen-bond acceptors (Lipinski definition) is 2. The summed E-state index contributed by atoms with van der Waals surface area (Å²) in [5.41, 5.74) is 1.69. The van der Waals surface area contributed by atoms with E-state index in [1.54, 1.807) is 17.0 Å². The van der Waals surface area contributed by atoms with Gasteiger partial charge >= 0.3 is 0 Å². The van der Waals surface area contributed by atoms with Crippen molar-refractivity contribution in [1.29, 1.82) is 0 Å². The first kappa shape index (κ1) is 6.96. The fourth-order valence-corrected chi connectivity index (χ4v) is 3.34. The Hall–Kier alpha value is -1.84. The van der Waals surface area contributed by atoms with Crippen molar-refractivity contribution in [2.24, 2.45) is 5.89 Å². The first-order valence-electron chi connectivity index (χ1n) is 13.0. The van der Waals surface area contributed by atoms with Crippen molar-refractivity contribution in [3.63, 3.8) is 0 Å². The molecule has 1 aromatic rings. The van der Waals surface area contributed by atoms with Gasteiger partial charge in [0.05, 0.1) is 12.6 Å². The molecular formula is C19H24N2O2. The van der Waals surface area contributed by atoms with Crippen molar-refractivity contribution in [3.05, 3.63) is 35.4 Å². The van der Waals surface area contributed by atoms with Crippen LogP contribution in [0.5, 0.6) is 0 Å². The monoisotopic (exact) mass is 323 g/mol. The molecular weight excluding hydrogens is 288 g/mol. The number of amides is 2. The lowest BCUT2D eigenvalue weighted by Crippen LogP contribution is -2.56. The summed E-state index contributed by atoms with van der Waals surface area (Å²) in [5.74, 6) is -5.84. The van der Waals surface area contributed by atoms with Crippen LogP contribution in [-0.4, -0.2) is 41.2 Å². The Bertz CT molecular complexity index is 1030. The summed E-state index contributed by atoms with van der Waals surface area (Å²) in [6, 6.07) is 6.58. The van der Waals surface area contributed by atoms with Gasteiger partial charge < -0.3 is 9.80 Å². The lowest BCUT2D eigenvalue weighted by molar-refractivity contribution is -0.152. The highest BCUT2D eigenvalue weighted by atomic mass is 16.2. The van der Waals surface area contributed by atoms with Crippen LogP contribution in [-0.2, 0) is 16.0 Å². The minimum Gasteiger partial charge on any atom is -0.332 e. The Labute approximate surface area is 152 Å². The predicted octanol–water partition coefficient (Wildman–Crippen LogP) is 2.53. The molecule has 1 aliphatic carbocycles. The molecule has 23 heavy (non-hydrogen) atoms. The van der Waals surface area contributed by atoms with Gasteiger partial charge in [-0.3, -0.25) is 9.59 Å². The normalized spacial score (nSPS) is 44.4. The molecule has 0 spiro atoms. The highest BCUT2D eigenvalue weighted by molar-refractivity contribution is 5.87. The number of piperazine rings is 1. The molecule has 4 heteroatoms. The zero-order valence-corrected chi connectivity index (χ0v) is 12.4. The highest BCUT2D eigenvalue weighted by Crippen LogP contribution is 2.34. The van der Waals surface area contributed by atoms with E-state index in [-0.39, 0.29) is 6.54 Å². The van der Waals surface area contributed by atoms with Gasteiger partial charge in [-0.05, 0) is 30.3 Å². The van der Waals surface area contributed by atoms with Crippen LogP contribution in [0.15, 0.2) is 24.3 Å². The van der Waals surface area contributed by atoms with Crippen LogP contribution < -0.4 is 0 Å². The molecule has 2 heterocycles. The molecule has 2 amide bonds. The second-order valence-electron chi connectivity index (χ2n) is 5.74. The average molecular weight is 323 g/mol. The maximum Gasteiger partial charge on any atom is 0.242 e. The summed E-state index contributed by atoms with van der Waals surface area (Å²) < 4.78 is 89.9. The number of fused-ring (bicyclic) bond motifs is 3. The summed E-state index contributed by atoms with van der Waals surface area (Å²) in [4.78, 5) is 28.9. The number of carbonyl (C=O) groups is 2. The van der Waals surface area contributed by atoms with E-state index < -0.39 is 62.2 Å². The lowest BCUT2D eigenvalue weighted by Gasteiger charge is -2.45. The molecule has 2 fully saturated rings. The summed E-state index contributed by atoms with van der Waals surface area (Å²) in [6.45, 7) is -0.446. The summed E-state index contributed by atoms with van der Waals surface area (Å²) in [6.07, 6.45) is -18.2. The molecule has 0 radical (unpaired) electrons. The average Bonchev–Trinajstić information content (AvgIpc) is 2.76. The quantitative estimate of drug-likeness (QED) is 0.797. The third kappa shape index (κ3) is 2.64. The number of benzene rings is 1. The van der Waals surface area contributed by atoms with Crippen LogP contribution in [0.1, 0.15) is 64.1 Å². The number of nitrogens with zero attached hydrogens (tertiary/aromatic N) is 2.